The highest BCUT2D eigenvalue weighted by molar-refractivity contribution is 5.56. The van der Waals surface area contributed by atoms with Crippen LogP contribution in [0.25, 0.3) is 11.4 Å². The van der Waals surface area contributed by atoms with Gasteiger partial charge in [0.15, 0.2) is 0 Å². The van der Waals surface area contributed by atoms with Gasteiger partial charge in [0, 0.05) is 43.5 Å². The molecule has 1 fully saturated rings. The fourth-order valence-electron chi connectivity index (χ4n) is 4.08. The standard InChI is InChI=1S/C24H31N5O2/c1-18-6-4-7-21(16-18)29-15-14-28(17-19(29)2)13-5-12-25-24-26-23(27-31-24)20-8-10-22(30-3)11-9-20/h4,6-11,16,19H,5,12-15,17H2,1-3H3,(H,25,26,27)/t19-/m1/s1. The number of methoxy groups -OCH3 is 1. The van der Waals surface area contributed by atoms with Gasteiger partial charge in [-0.2, -0.15) is 4.98 Å². The molecule has 0 radical (unpaired) electrons. The first kappa shape index (κ1) is 21.2. The van der Waals surface area contributed by atoms with Gasteiger partial charge in [-0.15, -0.1) is 0 Å². The van der Waals surface area contributed by atoms with Crippen molar-refractivity contribution in [3.05, 3.63) is 54.1 Å². The molecule has 0 amide bonds. The molecule has 7 nitrogen and oxygen atoms in total. The number of hydrogen-bond acceptors (Lipinski definition) is 7. The summed E-state index contributed by atoms with van der Waals surface area (Å²) in [5, 5.41) is 7.31. The van der Waals surface area contributed by atoms with E-state index in [2.05, 4.69) is 63.4 Å². The van der Waals surface area contributed by atoms with Gasteiger partial charge in [-0.3, -0.25) is 4.90 Å². The molecule has 0 bridgehead atoms. The van der Waals surface area contributed by atoms with Crippen LogP contribution in [0.4, 0.5) is 11.7 Å². The molecule has 1 aliphatic rings. The number of aromatic nitrogens is 2. The third-order valence-corrected chi connectivity index (χ3v) is 5.75. The van der Waals surface area contributed by atoms with Crippen molar-refractivity contribution in [2.75, 3.05) is 50.1 Å². The number of benzene rings is 2. The minimum absolute atomic E-state index is 0.462. The van der Waals surface area contributed by atoms with Crippen molar-refractivity contribution < 1.29 is 9.26 Å². The average molecular weight is 422 g/mol. The highest BCUT2D eigenvalue weighted by Gasteiger charge is 2.23. The third-order valence-electron chi connectivity index (χ3n) is 5.75. The van der Waals surface area contributed by atoms with E-state index in [-0.39, 0.29) is 0 Å². The van der Waals surface area contributed by atoms with Gasteiger partial charge < -0.3 is 19.5 Å². The summed E-state index contributed by atoms with van der Waals surface area (Å²) in [4.78, 5) is 9.48. The molecule has 2 heterocycles. The topological polar surface area (TPSA) is 66.7 Å². The Balaban J connectivity index is 1.20. The Hall–Kier alpha value is -3.06. The molecule has 31 heavy (non-hydrogen) atoms. The molecule has 0 spiro atoms. The summed E-state index contributed by atoms with van der Waals surface area (Å²) < 4.78 is 10.5. The van der Waals surface area contributed by atoms with Crippen LogP contribution in [0.1, 0.15) is 18.9 Å². The molecule has 1 atom stereocenters. The lowest BCUT2D eigenvalue weighted by molar-refractivity contribution is 0.228. The summed E-state index contributed by atoms with van der Waals surface area (Å²) >= 11 is 0. The Labute approximate surface area is 184 Å². The maximum atomic E-state index is 5.33. The first-order valence-corrected chi connectivity index (χ1v) is 10.9. The van der Waals surface area contributed by atoms with Crippen LogP contribution in [0, 0.1) is 6.92 Å². The molecule has 164 valence electrons. The average Bonchev–Trinajstić information content (AvgIpc) is 3.26. The normalized spacial score (nSPS) is 17.0. The molecule has 1 aromatic heterocycles. The van der Waals surface area contributed by atoms with Crippen LogP contribution in [-0.4, -0.2) is 60.9 Å². The van der Waals surface area contributed by atoms with Crippen LogP contribution in [0.2, 0.25) is 0 Å². The smallest absolute Gasteiger partial charge is 0.321 e. The van der Waals surface area contributed by atoms with Gasteiger partial charge in [-0.25, -0.2) is 0 Å². The van der Waals surface area contributed by atoms with Gasteiger partial charge in [-0.05, 0) is 68.8 Å². The predicted octanol–water partition coefficient (Wildman–Crippen LogP) is 4.07. The number of aryl methyl sites for hydroxylation is 1. The minimum Gasteiger partial charge on any atom is -0.497 e. The molecule has 0 saturated carbocycles. The molecule has 0 unspecified atom stereocenters. The Morgan fingerprint density at radius 1 is 1.16 bits per heavy atom. The van der Waals surface area contributed by atoms with Crippen LogP contribution < -0.4 is 15.0 Å². The Morgan fingerprint density at radius 3 is 2.74 bits per heavy atom. The molecule has 1 saturated heterocycles. The van der Waals surface area contributed by atoms with E-state index < -0.39 is 0 Å². The first-order valence-electron chi connectivity index (χ1n) is 10.9. The van der Waals surface area contributed by atoms with Crippen LogP contribution in [0.3, 0.4) is 0 Å². The maximum absolute atomic E-state index is 5.33. The Morgan fingerprint density at radius 2 is 2.00 bits per heavy atom. The second kappa shape index (κ2) is 9.83. The highest BCUT2D eigenvalue weighted by atomic mass is 16.5. The van der Waals surface area contributed by atoms with Gasteiger partial charge in [0.2, 0.25) is 5.82 Å². The molecular weight excluding hydrogens is 390 g/mol. The van der Waals surface area contributed by atoms with Gasteiger partial charge in [0.25, 0.3) is 0 Å². The number of anilines is 2. The minimum atomic E-state index is 0.462. The van der Waals surface area contributed by atoms with Gasteiger partial charge in [0.1, 0.15) is 5.75 Å². The van der Waals surface area contributed by atoms with Crippen molar-refractivity contribution in [3.63, 3.8) is 0 Å². The van der Waals surface area contributed by atoms with Crippen molar-refractivity contribution in [1.29, 1.82) is 0 Å². The number of hydrogen-bond donors (Lipinski definition) is 1. The van der Waals surface area contributed by atoms with Crippen LogP contribution in [0.15, 0.2) is 53.1 Å². The molecular formula is C24H31N5O2. The number of nitrogens with zero attached hydrogens (tertiary/aromatic N) is 4. The SMILES string of the molecule is COc1ccc(-c2noc(NCCCN3CCN(c4cccc(C)c4)[C@H](C)C3)n2)cc1. The number of rotatable bonds is 8. The number of nitrogens with one attached hydrogen (secondary N) is 1. The van der Waals surface area contributed by atoms with Crippen LogP contribution >= 0.6 is 0 Å². The van der Waals surface area contributed by atoms with E-state index in [0.29, 0.717) is 17.9 Å². The fraction of sp³-hybridized carbons (Fsp3) is 0.417. The summed E-state index contributed by atoms with van der Waals surface area (Å²) in [6, 6.07) is 17.4. The van der Waals surface area contributed by atoms with Crippen LogP contribution in [-0.2, 0) is 0 Å². The lowest BCUT2D eigenvalue weighted by atomic mass is 10.1. The van der Waals surface area contributed by atoms with Crippen molar-refractivity contribution in [2.45, 2.75) is 26.3 Å². The lowest BCUT2D eigenvalue weighted by Gasteiger charge is -2.41. The Kier molecular flexibility index (Phi) is 6.72. The molecule has 7 heteroatoms. The van der Waals surface area contributed by atoms with E-state index in [1.807, 2.05) is 24.3 Å². The first-order chi connectivity index (χ1) is 15.1. The van der Waals surface area contributed by atoms with Crippen LogP contribution in [0.5, 0.6) is 5.75 Å². The van der Waals surface area contributed by atoms with Crippen molar-refractivity contribution in [1.82, 2.24) is 15.0 Å². The maximum Gasteiger partial charge on any atom is 0.321 e. The van der Waals surface area contributed by atoms with E-state index in [0.717, 1.165) is 50.5 Å². The van der Waals surface area contributed by atoms with E-state index in [1.165, 1.54) is 11.3 Å². The molecule has 0 aliphatic carbocycles. The highest BCUT2D eigenvalue weighted by Crippen LogP contribution is 2.22. The van der Waals surface area contributed by atoms with Gasteiger partial charge >= 0.3 is 6.01 Å². The van der Waals surface area contributed by atoms with E-state index in [1.54, 1.807) is 7.11 Å². The fourth-order valence-corrected chi connectivity index (χ4v) is 4.08. The second-order valence-corrected chi connectivity index (χ2v) is 8.11. The molecule has 4 rings (SSSR count). The number of ether oxygens (including phenoxy) is 1. The van der Waals surface area contributed by atoms with Crippen molar-refractivity contribution in [3.8, 4) is 17.1 Å². The van der Waals surface area contributed by atoms with E-state index >= 15 is 0 Å². The lowest BCUT2D eigenvalue weighted by Crippen LogP contribution is -2.52. The third kappa shape index (κ3) is 5.35. The predicted molar refractivity (Wildman–Crippen MR) is 124 cm³/mol. The summed E-state index contributed by atoms with van der Waals surface area (Å²) in [7, 11) is 1.65. The Bertz CT molecular complexity index is 972. The van der Waals surface area contributed by atoms with Crippen molar-refractivity contribution >= 4 is 11.7 Å². The van der Waals surface area contributed by atoms with Crippen molar-refractivity contribution in [2.24, 2.45) is 0 Å². The molecule has 2 aromatic carbocycles. The van der Waals surface area contributed by atoms with Gasteiger partial charge in [0.05, 0.1) is 7.11 Å². The summed E-state index contributed by atoms with van der Waals surface area (Å²) in [5.41, 5.74) is 3.55. The summed E-state index contributed by atoms with van der Waals surface area (Å²) in [6.07, 6.45) is 1.03. The van der Waals surface area contributed by atoms with E-state index in [4.69, 9.17) is 9.26 Å². The zero-order valence-corrected chi connectivity index (χ0v) is 18.5. The molecule has 1 N–H and O–H groups in total. The summed E-state index contributed by atoms with van der Waals surface area (Å²) in [6.45, 7) is 9.55. The number of piperazine rings is 1. The largest absolute Gasteiger partial charge is 0.497 e. The zero-order chi connectivity index (χ0) is 21.6. The molecule has 3 aromatic rings. The van der Waals surface area contributed by atoms with Gasteiger partial charge in [-0.1, -0.05) is 17.3 Å². The monoisotopic (exact) mass is 421 g/mol. The molecule has 1 aliphatic heterocycles. The van der Waals surface area contributed by atoms with E-state index in [9.17, 15) is 0 Å². The zero-order valence-electron chi connectivity index (χ0n) is 18.5. The quantitative estimate of drug-likeness (QED) is 0.550. The summed E-state index contributed by atoms with van der Waals surface area (Å²) in [5.74, 6) is 1.38. The second-order valence-electron chi connectivity index (χ2n) is 8.11.